The average molecular weight is 366 g/mol. The second kappa shape index (κ2) is 7.85. The number of carbonyl (C=O) groups excluding carboxylic acids is 2. The summed E-state index contributed by atoms with van der Waals surface area (Å²) in [5.74, 6) is -0.813. The van der Waals surface area contributed by atoms with Crippen molar-refractivity contribution in [2.75, 3.05) is 5.32 Å². The second-order valence-electron chi connectivity index (χ2n) is 5.45. The molecule has 6 nitrogen and oxygen atoms in total. The van der Waals surface area contributed by atoms with E-state index >= 15 is 0 Å². The Balaban J connectivity index is 2.01. The van der Waals surface area contributed by atoms with E-state index in [9.17, 15) is 22.8 Å². The van der Waals surface area contributed by atoms with Gasteiger partial charge in [-0.2, -0.15) is 18.3 Å². The third kappa shape index (κ3) is 4.95. The lowest BCUT2D eigenvalue weighted by Gasteiger charge is -2.10. The van der Waals surface area contributed by atoms with Gasteiger partial charge in [0.2, 0.25) is 11.8 Å². The minimum Gasteiger partial charge on any atom is -0.350 e. The number of nitrogens with zero attached hydrogens (tertiary/aromatic N) is 2. The van der Waals surface area contributed by atoms with Gasteiger partial charge in [0.1, 0.15) is 0 Å². The van der Waals surface area contributed by atoms with Crippen LogP contribution in [0, 0.1) is 0 Å². The van der Waals surface area contributed by atoms with Gasteiger partial charge in [-0.25, -0.2) is 0 Å². The summed E-state index contributed by atoms with van der Waals surface area (Å²) < 4.78 is 39.0. The fourth-order valence-electron chi connectivity index (χ4n) is 2.21. The van der Waals surface area contributed by atoms with Gasteiger partial charge in [-0.15, -0.1) is 0 Å². The van der Waals surface area contributed by atoms with Gasteiger partial charge >= 0.3 is 6.18 Å². The smallest absolute Gasteiger partial charge is 0.350 e. The number of halogens is 3. The van der Waals surface area contributed by atoms with E-state index in [0.29, 0.717) is 11.3 Å². The highest BCUT2D eigenvalue weighted by Gasteiger charge is 2.34. The quantitative estimate of drug-likeness (QED) is 0.771. The van der Waals surface area contributed by atoms with Crippen LogP contribution in [0.4, 0.5) is 18.9 Å². The Kier molecular flexibility index (Phi) is 5.81. The number of hydrogen-bond acceptors (Lipinski definition) is 3. The lowest BCUT2D eigenvalue weighted by Crippen LogP contribution is -2.26. The van der Waals surface area contributed by atoms with Crippen molar-refractivity contribution in [2.45, 2.75) is 19.1 Å². The lowest BCUT2D eigenvalue weighted by atomic mass is 10.1. The number of amides is 2. The molecule has 1 aromatic carbocycles. The number of carbonyl (C=O) groups is 2. The minimum atomic E-state index is -4.54. The van der Waals surface area contributed by atoms with Crippen molar-refractivity contribution in [3.8, 4) is 0 Å². The van der Waals surface area contributed by atoms with E-state index < -0.39 is 23.7 Å². The molecule has 0 fully saturated rings. The van der Waals surface area contributed by atoms with Crippen LogP contribution in [0.1, 0.15) is 17.0 Å². The number of anilines is 1. The molecule has 1 heterocycles. The standard InChI is InChI=1S/C17H17F3N4O2/c1-3-15(25)22-13-7-5-4-6-11(13)8-16(26)21-10-12-9-14(17(18,19)20)23-24(12)2/h3-7,9H,1,8,10H2,2H3,(H,21,26)(H,22,25). The molecule has 2 aromatic rings. The Hall–Kier alpha value is -3.10. The SMILES string of the molecule is C=CC(=O)Nc1ccccc1CC(=O)NCc1cc(C(F)(F)F)nn1C. The predicted octanol–water partition coefficient (Wildman–Crippen LogP) is 2.42. The molecule has 0 unspecified atom stereocenters. The zero-order chi connectivity index (χ0) is 19.3. The number of nitrogens with one attached hydrogen (secondary N) is 2. The molecule has 0 aliphatic carbocycles. The molecule has 1 aromatic heterocycles. The molecular formula is C17H17F3N4O2. The molecular weight excluding hydrogens is 349 g/mol. The molecule has 2 rings (SSSR count). The number of hydrogen-bond donors (Lipinski definition) is 2. The third-order valence-electron chi connectivity index (χ3n) is 3.55. The highest BCUT2D eigenvalue weighted by molar-refractivity contribution is 5.99. The van der Waals surface area contributed by atoms with Gasteiger partial charge in [-0.3, -0.25) is 14.3 Å². The van der Waals surface area contributed by atoms with Crippen LogP contribution in [0.3, 0.4) is 0 Å². The Morgan fingerprint density at radius 2 is 2.00 bits per heavy atom. The second-order valence-corrected chi connectivity index (χ2v) is 5.45. The largest absolute Gasteiger partial charge is 0.435 e. The summed E-state index contributed by atoms with van der Waals surface area (Å²) in [5.41, 5.74) is 0.245. The number of benzene rings is 1. The number of para-hydroxylation sites is 1. The zero-order valence-electron chi connectivity index (χ0n) is 13.9. The summed E-state index contributed by atoms with van der Waals surface area (Å²) in [7, 11) is 1.37. The fourth-order valence-corrected chi connectivity index (χ4v) is 2.21. The average Bonchev–Trinajstić information content (AvgIpc) is 2.96. The Labute approximate surface area is 147 Å². The van der Waals surface area contributed by atoms with Gasteiger partial charge in [0.25, 0.3) is 0 Å². The summed E-state index contributed by atoms with van der Waals surface area (Å²) >= 11 is 0. The van der Waals surface area contributed by atoms with Gasteiger partial charge < -0.3 is 10.6 Å². The van der Waals surface area contributed by atoms with Crippen molar-refractivity contribution < 1.29 is 22.8 Å². The van der Waals surface area contributed by atoms with Gasteiger partial charge in [0, 0.05) is 12.7 Å². The molecule has 0 aliphatic rings. The van der Waals surface area contributed by atoms with E-state index in [1.165, 1.54) is 7.05 Å². The maximum Gasteiger partial charge on any atom is 0.435 e. The molecule has 138 valence electrons. The van der Waals surface area contributed by atoms with Crippen LogP contribution in [0.25, 0.3) is 0 Å². The van der Waals surface area contributed by atoms with Crippen molar-refractivity contribution in [2.24, 2.45) is 7.05 Å². The highest BCUT2D eigenvalue weighted by Crippen LogP contribution is 2.28. The van der Waals surface area contributed by atoms with Crippen LogP contribution >= 0.6 is 0 Å². The van der Waals surface area contributed by atoms with E-state index in [-0.39, 0.29) is 18.7 Å². The molecule has 0 bridgehead atoms. The van der Waals surface area contributed by atoms with Gasteiger partial charge in [0.15, 0.2) is 5.69 Å². The molecule has 2 N–H and O–H groups in total. The Morgan fingerprint density at radius 3 is 2.62 bits per heavy atom. The molecule has 9 heteroatoms. The molecule has 0 spiro atoms. The van der Waals surface area contributed by atoms with E-state index in [2.05, 4.69) is 22.3 Å². The molecule has 0 radical (unpaired) electrons. The fraction of sp³-hybridized carbons (Fsp3) is 0.235. The number of rotatable bonds is 6. The summed E-state index contributed by atoms with van der Waals surface area (Å²) in [6, 6.07) is 7.61. The Morgan fingerprint density at radius 1 is 1.31 bits per heavy atom. The van der Waals surface area contributed by atoms with E-state index in [1.807, 2.05) is 0 Å². The topological polar surface area (TPSA) is 76.0 Å². The first-order valence-electron chi connectivity index (χ1n) is 7.59. The third-order valence-corrected chi connectivity index (χ3v) is 3.55. The van der Waals surface area contributed by atoms with Crippen molar-refractivity contribution >= 4 is 17.5 Å². The summed E-state index contributed by atoms with van der Waals surface area (Å²) in [6.07, 6.45) is -3.47. The molecule has 0 atom stereocenters. The van der Waals surface area contributed by atoms with Crippen LogP contribution < -0.4 is 10.6 Å². The van der Waals surface area contributed by atoms with E-state index in [4.69, 9.17) is 0 Å². The minimum absolute atomic E-state index is 0.0441. The number of alkyl halides is 3. The van der Waals surface area contributed by atoms with Crippen molar-refractivity contribution in [1.29, 1.82) is 0 Å². The first-order chi connectivity index (χ1) is 12.2. The van der Waals surface area contributed by atoms with Crippen molar-refractivity contribution in [1.82, 2.24) is 15.1 Å². The first kappa shape index (κ1) is 19.2. The molecule has 26 heavy (non-hydrogen) atoms. The number of aromatic nitrogens is 2. The zero-order valence-corrected chi connectivity index (χ0v) is 13.9. The summed E-state index contributed by atoms with van der Waals surface area (Å²) in [4.78, 5) is 23.5. The summed E-state index contributed by atoms with van der Waals surface area (Å²) in [5, 5.41) is 8.52. The maximum absolute atomic E-state index is 12.6. The van der Waals surface area contributed by atoms with Crippen molar-refractivity contribution in [3.05, 3.63) is 59.9 Å². The number of aryl methyl sites for hydroxylation is 1. The van der Waals surface area contributed by atoms with Gasteiger partial charge in [0.05, 0.1) is 18.7 Å². The monoisotopic (exact) mass is 366 g/mol. The van der Waals surface area contributed by atoms with Crippen LogP contribution in [0.15, 0.2) is 43.0 Å². The first-order valence-corrected chi connectivity index (χ1v) is 7.59. The summed E-state index contributed by atoms with van der Waals surface area (Å²) in [6.45, 7) is 3.26. The van der Waals surface area contributed by atoms with Crippen LogP contribution in [0.5, 0.6) is 0 Å². The molecule has 2 amide bonds. The molecule has 0 saturated heterocycles. The normalized spacial score (nSPS) is 11.1. The van der Waals surface area contributed by atoms with Gasteiger partial charge in [-0.1, -0.05) is 24.8 Å². The van der Waals surface area contributed by atoms with Crippen LogP contribution in [-0.4, -0.2) is 21.6 Å². The maximum atomic E-state index is 12.6. The van der Waals surface area contributed by atoms with Crippen LogP contribution in [-0.2, 0) is 35.8 Å². The van der Waals surface area contributed by atoms with E-state index in [1.54, 1.807) is 24.3 Å². The van der Waals surface area contributed by atoms with Gasteiger partial charge in [-0.05, 0) is 23.8 Å². The van der Waals surface area contributed by atoms with Crippen molar-refractivity contribution in [3.63, 3.8) is 0 Å². The van der Waals surface area contributed by atoms with E-state index in [0.717, 1.165) is 16.8 Å². The highest BCUT2D eigenvalue weighted by atomic mass is 19.4. The van der Waals surface area contributed by atoms with Crippen LogP contribution in [0.2, 0.25) is 0 Å². The lowest BCUT2D eigenvalue weighted by molar-refractivity contribution is -0.141. The Bertz CT molecular complexity index is 828. The molecule has 0 aliphatic heterocycles. The molecule has 0 saturated carbocycles. The predicted molar refractivity (Wildman–Crippen MR) is 89.0 cm³/mol.